The van der Waals surface area contributed by atoms with Gasteiger partial charge in [0, 0.05) is 0 Å². The van der Waals surface area contributed by atoms with Crippen molar-refractivity contribution in [3.8, 4) is 5.75 Å². The summed E-state index contributed by atoms with van der Waals surface area (Å²) in [5.41, 5.74) is 3.68. The SMILES string of the molecule is CC(C)(C)c1ccc(OCC(=O)N/N=C/c2ccco2)cc1. The van der Waals surface area contributed by atoms with Gasteiger partial charge in [-0.1, -0.05) is 32.9 Å². The molecule has 0 aliphatic heterocycles. The zero-order chi connectivity index (χ0) is 16.0. The summed E-state index contributed by atoms with van der Waals surface area (Å²) in [6.45, 7) is 6.35. The lowest BCUT2D eigenvalue weighted by molar-refractivity contribution is -0.123. The highest BCUT2D eigenvalue weighted by Gasteiger charge is 2.13. The topological polar surface area (TPSA) is 63.8 Å². The van der Waals surface area contributed by atoms with Crippen LogP contribution in [-0.4, -0.2) is 18.7 Å². The normalized spacial score (nSPS) is 11.6. The molecule has 0 radical (unpaired) electrons. The molecule has 2 aromatic rings. The number of nitrogens with zero attached hydrogens (tertiary/aromatic N) is 1. The van der Waals surface area contributed by atoms with Crippen LogP contribution in [0.5, 0.6) is 5.75 Å². The first-order valence-electron chi connectivity index (χ1n) is 7.04. The van der Waals surface area contributed by atoms with Crippen molar-refractivity contribution in [2.24, 2.45) is 5.10 Å². The lowest BCUT2D eigenvalue weighted by atomic mass is 9.87. The first kappa shape index (κ1) is 15.8. The summed E-state index contributed by atoms with van der Waals surface area (Å²) in [5.74, 6) is 0.889. The van der Waals surface area contributed by atoms with Gasteiger partial charge in [-0.05, 0) is 35.2 Å². The molecule has 0 fully saturated rings. The third kappa shape index (κ3) is 4.77. The van der Waals surface area contributed by atoms with Gasteiger partial charge in [-0.25, -0.2) is 5.43 Å². The molecule has 1 aromatic heterocycles. The number of rotatable bonds is 5. The van der Waals surface area contributed by atoms with E-state index in [2.05, 4.69) is 31.3 Å². The number of hydrogen-bond acceptors (Lipinski definition) is 4. The second kappa shape index (κ2) is 6.93. The first-order valence-corrected chi connectivity index (χ1v) is 7.04. The average molecular weight is 300 g/mol. The van der Waals surface area contributed by atoms with Crippen LogP contribution >= 0.6 is 0 Å². The van der Waals surface area contributed by atoms with Gasteiger partial charge >= 0.3 is 0 Å². The van der Waals surface area contributed by atoms with Crippen molar-refractivity contribution >= 4 is 12.1 Å². The molecule has 2 rings (SSSR count). The summed E-state index contributed by atoms with van der Waals surface area (Å²) in [4.78, 5) is 11.6. The fourth-order valence-electron chi connectivity index (χ4n) is 1.76. The van der Waals surface area contributed by atoms with Gasteiger partial charge in [0.2, 0.25) is 0 Å². The highest BCUT2D eigenvalue weighted by Crippen LogP contribution is 2.24. The Morgan fingerprint density at radius 2 is 2.00 bits per heavy atom. The third-order valence-corrected chi connectivity index (χ3v) is 3.01. The van der Waals surface area contributed by atoms with E-state index in [1.54, 1.807) is 12.1 Å². The molecule has 1 heterocycles. The van der Waals surface area contributed by atoms with Gasteiger partial charge in [0.1, 0.15) is 11.5 Å². The van der Waals surface area contributed by atoms with E-state index in [1.165, 1.54) is 18.0 Å². The van der Waals surface area contributed by atoms with E-state index < -0.39 is 0 Å². The van der Waals surface area contributed by atoms with E-state index in [9.17, 15) is 4.79 Å². The Kier molecular flexibility index (Phi) is 4.99. The Morgan fingerprint density at radius 1 is 1.27 bits per heavy atom. The number of carbonyl (C=O) groups is 1. The van der Waals surface area contributed by atoms with E-state index in [0.717, 1.165) is 0 Å². The van der Waals surface area contributed by atoms with Crippen LogP contribution in [0.4, 0.5) is 0 Å². The number of carbonyl (C=O) groups excluding carboxylic acids is 1. The van der Waals surface area contributed by atoms with E-state index in [4.69, 9.17) is 9.15 Å². The minimum absolute atomic E-state index is 0.0929. The van der Waals surface area contributed by atoms with Gasteiger partial charge < -0.3 is 9.15 Å². The monoisotopic (exact) mass is 300 g/mol. The fraction of sp³-hybridized carbons (Fsp3) is 0.294. The lowest BCUT2D eigenvalue weighted by Gasteiger charge is -2.19. The minimum atomic E-state index is -0.331. The van der Waals surface area contributed by atoms with Gasteiger partial charge in [-0.3, -0.25) is 4.79 Å². The predicted molar refractivity (Wildman–Crippen MR) is 85.1 cm³/mol. The van der Waals surface area contributed by atoms with Crippen molar-refractivity contribution in [3.63, 3.8) is 0 Å². The van der Waals surface area contributed by atoms with Crippen molar-refractivity contribution in [1.29, 1.82) is 0 Å². The van der Waals surface area contributed by atoms with Crippen LogP contribution in [-0.2, 0) is 10.2 Å². The molecule has 0 aliphatic carbocycles. The minimum Gasteiger partial charge on any atom is -0.484 e. The van der Waals surface area contributed by atoms with Crippen molar-refractivity contribution < 1.29 is 13.9 Å². The Labute approximate surface area is 130 Å². The maximum atomic E-state index is 11.6. The van der Waals surface area contributed by atoms with Gasteiger partial charge in [0.25, 0.3) is 5.91 Å². The maximum absolute atomic E-state index is 11.6. The Balaban J connectivity index is 1.78. The van der Waals surface area contributed by atoms with Crippen molar-refractivity contribution in [1.82, 2.24) is 5.43 Å². The van der Waals surface area contributed by atoms with Crippen molar-refractivity contribution in [2.75, 3.05) is 6.61 Å². The van der Waals surface area contributed by atoms with E-state index in [0.29, 0.717) is 11.5 Å². The molecule has 116 valence electrons. The molecule has 1 N–H and O–H groups in total. The highest BCUT2D eigenvalue weighted by atomic mass is 16.5. The second-order valence-corrected chi connectivity index (χ2v) is 5.87. The Bertz CT molecular complexity index is 623. The molecule has 0 saturated heterocycles. The van der Waals surface area contributed by atoms with E-state index >= 15 is 0 Å². The van der Waals surface area contributed by atoms with Gasteiger partial charge in [-0.2, -0.15) is 5.10 Å². The number of ether oxygens (including phenoxy) is 1. The van der Waals surface area contributed by atoms with Crippen molar-refractivity contribution in [3.05, 3.63) is 54.0 Å². The molecule has 1 aromatic carbocycles. The molecule has 5 nitrogen and oxygen atoms in total. The fourth-order valence-corrected chi connectivity index (χ4v) is 1.76. The average Bonchev–Trinajstić information content (AvgIpc) is 2.98. The summed E-state index contributed by atoms with van der Waals surface area (Å²) in [6, 6.07) is 11.2. The molecule has 0 bridgehead atoms. The zero-order valence-corrected chi connectivity index (χ0v) is 13.0. The number of hydrazone groups is 1. The van der Waals surface area contributed by atoms with Gasteiger partial charge in [-0.15, -0.1) is 0 Å². The van der Waals surface area contributed by atoms with Crippen LogP contribution in [0.1, 0.15) is 32.1 Å². The van der Waals surface area contributed by atoms with Crippen LogP contribution in [0.25, 0.3) is 0 Å². The highest BCUT2D eigenvalue weighted by molar-refractivity contribution is 5.81. The summed E-state index contributed by atoms with van der Waals surface area (Å²) >= 11 is 0. The van der Waals surface area contributed by atoms with Crippen LogP contribution in [0.2, 0.25) is 0 Å². The summed E-state index contributed by atoms with van der Waals surface area (Å²) in [7, 11) is 0. The van der Waals surface area contributed by atoms with Crippen LogP contribution in [0.15, 0.2) is 52.2 Å². The molecule has 0 saturated carbocycles. The summed E-state index contributed by atoms with van der Waals surface area (Å²) < 4.78 is 10.5. The number of furan rings is 1. The van der Waals surface area contributed by atoms with Crippen LogP contribution in [0, 0.1) is 0 Å². The number of hydrogen-bond donors (Lipinski definition) is 1. The molecule has 22 heavy (non-hydrogen) atoms. The standard InChI is InChI=1S/C17H20N2O3/c1-17(2,3)13-6-8-14(9-7-13)22-12-16(20)19-18-11-15-5-4-10-21-15/h4-11H,12H2,1-3H3,(H,19,20)/b18-11+. The molecule has 1 amide bonds. The van der Waals surface area contributed by atoms with Crippen LogP contribution < -0.4 is 10.2 Å². The van der Waals surface area contributed by atoms with Crippen LogP contribution in [0.3, 0.4) is 0 Å². The lowest BCUT2D eigenvalue weighted by Crippen LogP contribution is -2.24. The molecule has 0 aliphatic rings. The first-order chi connectivity index (χ1) is 10.4. The maximum Gasteiger partial charge on any atom is 0.277 e. The zero-order valence-electron chi connectivity index (χ0n) is 13.0. The summed E-state index contributed by atoms with van der Waals surface area (Å²) in [5, 5.41) is 3.77. The largest absolute Gasteiger partial charge is 0.484 e. The number of amides is 1. The predicted octanol–water partition coefficient (Wildman–Crippen LogP) is 3.11. The molecule has 5 heteroatoms. The molecular weight excluding hydrogens is 280 g/mol. The molecular formula is C17H20N2O3. The smallest absolute Gasteiger partial charge is 0.277 e. The molecule has 0 atom stereocenters. The Hall–Kier alpha value is -2.56. The second-order valence-electron chi connectivity index (χ2n) is 5.87. The summed E-state index contributed by atoms with van der Waals surface area (Å²) in [6.07, 6.45) is 2.96. The molecule has 0 unspecified atom stereocenters. The number of benzene rings is 1. The molecule has 0 spiro atoms. The number of nitrogens with one attached hydrogen (secondary N) is 1. The van der Waals surface area contributed by atoms with Gasteiger partial charge in [0.05, 0.1) is 12.5 Å². The van der Waals surface area contributed by atoms with E-state index in [1.807, 2.05) is 24.3 Å². The van der Waals surface area contributed by atoms with Crippen molar-refractivity contribution in [2.45, 2.75) is 26.2 Å². The third-order valence-electron chi connectivity index (χ3n) is 3.01. The Morgan fingerprint density at radius 3 is 2.59 bits per heavy atom. The quantitative estimate of drug-likeness (QED) is 0.681. The van der Waals surface area contributed by atoms with E-state index in [-0.39, 0.29) is 17.9 Å². The van der Waals surface area contributed by atoms with Gasteiger partial charge in [0.15, 0.2) is 6.61 Å².